The average molecular weight is 174 g/mol. The molecule has 0 radical (unpaired) electrons. The molecule has 1 N–H and O–H groups in total. The van der Waals surface area contributed by atoms with Gasteiger partial charge in [0.05, 0.1) is 13.2 Å². The predicted octanol–water partition coefficient (Wildman–Crippen LogP) is 1.35. The van der Waals surface area contributed by atoms with Gasteiger partial charge in [0, 0.05) is 5.92 Å². The van der Waals surface area contributed by atoms with E-state index in [2.05, 4.69) is 0 Å². The van der Waals surface area contributed by atoms with Crippen molar-refractivity contribution in [3.8, 4) is 0 Å². The first-order valence-electron chi connectivity index (χ1n) is 3.82. The molecule has 0 aromatic carbocycles. The number of halogens is 1. The summed E-state index contributed by atoms with van der Waals surface area (Å²) in [5.41, 5.74) is 0.369. The normalized spacial score (nSPS) is 28.3. The highest BCUT2D eigenvalue weighted by Gasteiger charge is 2.22. The van der Waals surface area contributed by atoms with Gasteiger partial charge in [0.15, 0.2) is 0 Å². The number of carboxylic acids is 1. The zero-order valence-corrected chi connectivity index (χ0v) is 6.84. The van der Waals surface area contributed by atoms with Crippen LogP contribution in [-0.2, 0) is 9.53 Å². The van der Waals surface area contributed by atoms with E-state index in [1.54, 1.807) is 6.92 Å². The van der Waals surface area contributed by atoms with Gasteiger partial charge in [-0.3, -0.25) is 0 Å². The Kier molecular flexibility index (Phi) is 2.81. The molecular formula is C8H11FO3. The highest BCUT2D eigenvalue weighted by molar-refractivity contribution is 5.85. The lowest BCUT2D eigenvalue weighted by atomic mass is 9.96. The quantitative estimate of drug-likeness (QED) is 0.610. The first-order chi connectivity index (χ1) is 5.63. The van der Waals surface area contributed by atoms with E-state index in [-0.39, 0.29) is 5.92 Å². The molecule has 0 aromatic heterocycles. The molecule has 1 unspecified atom stereocenters. The van der Waals surface area contributed by atoms with E-state index in [1.807, 2.05) is 0 Å². The van der Waals surface area contributed by atoms with Crippen LogP contribution >= 0.6 is 0 Å². The van der Waals surface area contributed by atoms with Gasteiger partial charge in [0.25, 0.3) is 0 Å². The number of hydrogen-bond donors (Lipinski definition) is 1. The molecular weight excluding hydrogens is 163 g/mol. The summed E-state index contributed by atoms with van der Waals surface area (Å²) in [4.78, 5) is 10.3. The van der Waals surface area contributed by atoms with Gasteiger partial charge in [-0.05, 0) is 12.0 Å². The summed E-state index contributed by atoms with van der Waals surface area (Å²) < 4.78 is 17.9. The molecule has 1 heterocycles. The van der Waals surface area contributed by atoms with Crippen LogP contribution in [0.4, 0.5) is 4.39 Å². The lowest BCUT2D eigenvalue weighted by Gasteiger charge is -2.21. The summed E-state index contributed by atoms with van der Waals surface area (Å²) in [5, 5.41) is 8.38. The van der Waals surface area contributed by atoms with Crippen LogP contribution in [0.1, 0.15) is 13.3 Å². The zero-order chi connectivity index (χ0) is 9.14. The Morgan fingerprint density at radius 2 is 2.42 bits per heavy atom. The summed E-state index contributed by atoms with van der Waals surface area (Å²) in [6, 6.07) is 0. The molecule has 1 saturated heterocycles. The average Bonchev–Trinajstić information content (AvgIpc) is 2.04. The smallest absolute Gasteiger partial charge is 0.364 e. The molecule has 1 fully saturated rings. The molecule has 68 valence electrons. The van der Waals surface area contributed by atoms with Gasteiger partial charge >= 0.3 is 5.97 Å². The second-order valence-corrected chi connectivity index (χ2v) is 2.87. The highest BCUT2D eigenvalue weighted by atomic mass is 19.1. The van der Waals surface area contributed by atoms with E-state index in [4.69, 9.17) is 9.84 Å². The zero-order valence-electron chi connectivity index (χ0n) is 6.84. The fourth-order valence-corrected chi connectivity index (χ4v) is 1.25. The number of ether oxygens (including phenoxy) is 1. The minimum atomic E-state index is -1.47. The van der Waals surface area contributed by atoms with Crippen molar-refractivity contribution in [2.45, 2.75) is 13.3 Å². The Morgan fingerprint density at radius 3 is 2.92 bits per heavy atom. The maximum Gasteiger partial charge on any atom is 0.364 e. The molecule has 1 atom stereocenters. The van der Waals surface area contributed by atoms with Gasteiger partial charge in [-0.1, -0.05) is 6.92 Å². The number of rotatable bonds is 1. The third-order valence-electron chi connectivity index (χ3n) is 1.95. The van der Waals surface area contributed by atoms with E-state index in [1.165, 1.54) is 0 Å². The van der Waals surface area contributed by atoms with Crippen LogP contribution in [0.2, 0.25) is 0 Å². The van der Waals surface area contributed by atoms with E-state index < -0.39 is 11.8 Å². The van der Waals surface area contributed by atoms with E-state index >= 15 is 0 Å². The molecule has 1 aliphatic rings. The Bertz CT molecular complexity index is 222. The monoisotopic (exact) mass is 174 g/mol. The number of hydrogen-bond acceptors (Lipinski definition) is 2. The van der Waals surface area contributed by atoms with E-state index in [0.29, 0.717) is 25.2 Å². The van der Waals surface area contributed by atoms with Crippen molar-refractivity contribution in [3.05, 3.63) is 11.4 Å². The standard InChI is InChI=1S/C8H11FO3/c1-5-4-12-3-2-6(5)7(9)8(10)11/h5H,2-4H2,1H3,(H,10,11)/b7-6+. The molecule has 0 spiro atoms. The Morgan fingerprint density at radius 1 is 1.75 bits per heavy atom. The summed E-state index contributed by atoms with van der Waals surface area (Å²) in [7, 11) is 0. The first-order valence-corrected chi connectivity index (χ1v) is 3.82. The third-order valence-corrected chi connectivity index (χ3v) is 1.95. The van der Waals surface area contributed by atoms with Crippen molar-refractivity contribution in [2.75, 3.05) is 13.2 Å². The van der Waals surface area contributed by atoms with Crippen LogP contribution in [0.25, 0.3) is 0 Å². The van der Waals surface area contributed by atoms with Crippen molar-refractivity contribution in [2.24, 2.45) is 5.92 Å². The lowest BCUT2D eigenvalue weighted by molar-refractivity contribution is -0.134. The van der Waals surface area contributed by atoms with Crippen molar-refractivity contribution in [3.63, 3.8) is 0 Å². The number of carboxylic acid groups (broad SMARTS) is 1. The van der Waals surface area contributed by atoms with Crippen LogP contribution in [0.15, 0.2) is 11.4 Å². The molecule has 1 rings (SSSR count). The fourth-order valence-electron chi connectivity index (χ4n) is 1.25. The fraction of sp³-hybridized carbons (Fsp3) is 0.625. The Hall–Kier alpha value is -0.900. The largest absolute Gasteiger partial charge is 0.476 e. The molecule has 3 nitrogen and oxygen atoms in total. The van der Waals surface area contributed by atoms with Gasteiger partial charge in [-0.15, -0.1) is 0 Å². The predicted molar refractivity (Wildman–Crippen MR) is 40.4 cm³/mol. The molecule has 0 bridgehead atoms. The highest BCUT2D eigenvalue weighted by Crippen LogP contribution is 2.24. The minimum Gasteiger partial charge on any atom is -0.476 e. The summed E-state index contributed by atoms with van der Waals surface area (Å²) in [6.45, 7) is 2.59. The van der Waals surface area contributed by atoms with Gasteiger partial charge in [-0.25, -0.2) is 4.79 Å². The van der Waals surface area contributed by atoms with Crippen molar-refractivity contribution < 1.29 is 19.0 Å². The summed E-state index contributed by atoms with van der Waals surface area (Å²) >= 11 is 0. The molecule has 12 heavy (non-hydrogen) atoms. The molecule has 0 aliphatic carbocycles. The summed E-state index contributed by atoms with van der Waals surface area (Å²) in [6.07, 6.45) is 0.388. The molecule has 0 saturated carbocycles. The van der Waals surface area contributed by atoms with Crippen LogP contribution in [-0.4, -0.2) is 24.3 Å². The molecule has 4 heteroatoms. The molecule has 1 aliphatic heterocycles. The van der Waals surface area contributed by atoms with Gasteiger partial charge in [-0.2, -0.15) is 4.39 Å². The van der Waals surface area contributed by atoms with Crippen molar-refractivity contribution in [1.29, 1.82) is 0 Å². The van der Waals surface area contributed by atoms with Crippen LogP contribution in [0.5, 0.6) is 0 Å². The van der Waals surface area contributed by atoms with Gasteiger partial charge in [0.1, 0.15) is 0 Å². The molecule has 0 aromatic rings. The van der Waals surface area contributed by atoms with Crippen LogP contribution in [0, 0.1) is 5.92 Å². The van der Waals surface area contributed by atoms with Crippen LogP contribution in [0.3, 0.4) is 0 Å². The van der Waals surface area contributed by atoms with E-state index in [0.717, 1.165) is 0 Å². The molecule has 0 amide bonds. The second-order valence-electron chi connectivity index (χ2n) is 2.87. The first kappa shape index (κ1) is 9.19. The Labute approximate surface area is 69.8 Å². The third kappa shape index (κ3) is 1.82. The lowest BCUT2D eigenvalue weighted by Crippen LogP contribution is -2.20. The van der Waals surface area contributed by atoms with Gasteiger partial charge in [0.2, 0.25) is 5.83 Å². The summed E-state index contributed by atoms with van der Waals surface area (Å²) in [5.74, 6) is -2.60. The van der Waals surface area contributed by atoms with Gasteiger partial charge < -0.3 is 9.84 Å². The SMILES string of the molecule is CC1COCC/C1=C(\F)C(=O)O. The number of aliphatic carboxylic acids is 1. The second kappa shape index (κ2) is 3.67. The minimum absolute atomic E-state index is 0.116. The number of carbonyl (C=O) groups is 1. The topological polar surface area (TPSA) is 46.5 Å². The maximum atomic E-state index is 12.9. The maximum absolute atomic E-state index is 12.9. The van der Waals surface area contributed by atoms with Crippen LogP contribution < -0.4 is 0 Å². The van der Waals surface area contributed by atoms with Crippen molar-refractivity contribution in [1.82, 2.24) is 0 Å². The van der Waals surface area contributed by atoms with E-state index in [9.17, 15) is 9.18 Å². The Balaban J connectivity index is 2.82. The van der Waals surface area contributed by atoms with Crippen molar-refractivity contribution >= 4 is 5.97 Å².